The minimum atomic E-state index is -0.283. The lowest BCUT2D eigenvalue weighted by molar-refractivity contribution is 0.230. The Morgan fingerprint density at radius 1 is 1.40 bits per heavy atom. The minimum absolute atomic E-state index is 0.114. The zero-order valence-corrected chi connectivity index (χ0v) is 15.4. The number of nitrogens with one attached hydrogen (secondary N) is 2. The lowest BCUT2D eigenvalue weighted by Crippen LogP contribution is -2.41. The monoisotopic (exact) mass is 347 g/mol. The Labute approximate surface area is 148 Å². The van der Waals surface area contributed by atoms with E-state index in [2.05, 4.69) is 15.7 Å². The normalized spacial score (nSPS) is 13.6. The number of amides is 2. The third-order valence-electron chi connectivity index (χ3n) is 4.40. The summed E-state index contributed by atoms with van der Waals surface area (Å²) < 4.78 is 15.2. The molecule has 0 aliphatic rings. The van der Waals surface area contributed by atoms with E-state index in [-0.39, 0.29) is 23.9 Å². The zero-order chi connectivity index (χ0) is 18.6. The molecule has 6 nitrogen and oxygen atoms in total. The number of nitrogens with zero attached hydrogens (tertiary/aromatic N) is 3. The molecule has 0 saturated heterocycles. The van der Waals surface area contributed by atoms with Gasteiger partial charge in [0.2, 0.25) is 0 Å². The van der Waals surface area contributed by atoms with Gasteiger partial charge in [-0.25, -0.2) is 9.18 Å². The molecule has 2 aromatic rings. The van der Waals surface area contributed by atoms with E-state index in [0.717, 1.165) is 16.8 Å². The summed E-state index contributed by atoms with van der Waals surface area (Å²) in [6.07, 6.45) is 1.76. The molecule has 1 aromatic carbocycles. The minimum Gasteiger partial charge on any atom is -0.336 e. The van der Waals surface area contributed by atoms with Gasteiger partial charge in [0.25, 0.3) is 0 Å². The summed E-state index contributed by atoms with van der Waals surface area (Å²) in [5.41, 5.74) is 2.81. The second-order valence-corrected chi connectivity index (χ2v) is 6.42. The van der Waals surface area contributed by atoms with E-state index >= 15 is 0 Å². The van der Waals surface area contributed by atoms with Gasteiger partial charge in [-0.05, 0) is 45.6 Å². The Balaban J connectivity index is 1.96. The van der Waals surface area contributed by atoms with Crippen LogP contribution in [0.3, 0.4) is 0 Å². The summed E-state index contributed by atoms with van der Waals surface area (Å²) in [7, 11) is 5.67. The van der Waals surface area contributed by atoms with Crippen molar-refractivity contribution >= 4 is 6.03 Å². The van der Waals surface area contributed by atoms with Crippen molar-refractivity contribution in [3.8, 4) is 0 Å². The molecule has 1 heterocycles. The highest BCUT2D eigenvalue weighted by atomic mass is 19.1. The highest BCUT2D eigenvalue weighted by molar-refractivity contribution is 5.74. The third-order valence-corrected chi connectivity index (χ3v) is 4.40. The van der Waals surface area contributed by atoms with Crippen molar-refractivity contribution in [2.45, 2.75) is 25.9 Å². The highest BCUT2D eigenvalue weighted by Gasteiger charge is 2.18. The van der Waals surface area contributed by atoms with Gasteiger partial charge in [0.05, 0.1) is 18.3 Å². The van der Waals surface area contributed by atoms with Gasteiger partial charge in [0.15, 0.2) is 0 Å². The van der Waals surface area contributed by atoms with E-state index in [4.69, 9.17) is 0 Å². The number of carbonyl (C=O) groups is 1. The number of hydrogen-bond donors (Lipinski definition) is 2. The van der Waals surface area contributed by atoms with Crippen LogP contribution >= 0.6 is 0 Å². The van der Waals surface area contributed by atoms with Gasteiger partial charge < -0.3 is 15.5 Å². The first kappa shape index (κ1) is 18.9. The predicted molar refractivity (Wildman–Crippen MR) is 95.7 cm³/mol. The van der Waals surface area contributed by atoms with Crippen LogP contribution in [0.5, 0.6) is 0 Å². The summed E-state index contributed by atoms with van der Waals surface area (Å²) in [4.78, 5) is 14.2. The first-order valence-electron chi connectivity index (χ1n) is 8.24. The Hall–Kier alpha value is -2.41. The molecule has 0 spiro atoms. The lowest BCUT2D eigenvalue weighted by atomic mass is 10.1. The standard InChI is InChI=1S/C18H26FN5O/c1-12(16-10-21-24(5)13(16)2)22-18(25)20-11-17(23(3)4)14-7-6-8-15(19)9-14/h6-10,12,17H,11H2,1-5H3,(H2,20,22,25)/t12-,17-/m1/s1. The van der Waals surface area contributed by atoms with E-state index in [1.807, 2.05) is 46.0 Å². The van der Waals surface area contributed by atoms with Crippen LogP contribution in [-0.4, -0.2) is 41.4 Å². The molecule has 0 unspecified atom stereocenters. The smallest absolute Gasteiger partial charge is 0.315 e. The van der Waals surface area contributed by atoms with Crippen LogP contribution in [0.1, 0.15) is 35.8 Å². The maximum Gasteiger partial charge on any atom is 0.315 e. The summed E-state index contributed by atoms with van der Waals surface area (Å²) >= 11 is 0. The molecule has 0 aliphatic heterocycles. The Morgan fingerprint density at radius 2 is 2.12 bits per heavy atom. The van der Waals surface area contributed by atoms with Crippen molar-refractivity contribution in [2.24, 2.45) is 7.05 Å². The molecule has 0 saturated carbocycles. The van der Waals surface area contributed by atoms with Gasteiger partial charge in [0, 0.05) is 24.8 Å². The molecule has 25 heavy (non-hydrogen) atoms. The van der Waals surface area contributed by atoms with Crippen LogP contribution in [0.2, 0.25) is 0 Å². The van der Waals surface area contributed by atoms with Crippen molar-refractivity contribution < 1.29 is 9.18 Å². The molecule has 2 N–H and O–H groups in total. The van der Waals surface area contributed by atoms with Gasteiger partial charge in [-0.15, -0.1) is 0 Å². The molecule has 7 heteroatoms. The first-order valence-corrected chi connectivity index (χ1v) is 8.24. The Kier molecular flexibility index (Phi) is 6.14. The molecule has 1 aromatic heterocycles. The van der Waals surface area contributed by atoms with Crippen molar-refractivity contribution in [1.82, 2.24) is 25.3 Å². The number of benzene rings is 1. The number of aromatic nitrogens is 2. The van der Waals surface area contributed by atoms with Crippen molar-refractivity contribution in [3.63, 3.8) is 0 Å². The Morgan fingerprint density at radius 3 is 2.68 bits per heavy atom. The number of urea groups is 1. The molecule has 0 bridgehead atoms. The summed E-state index contributed by atoms with van der Waals surface area (Å²) in [5.74, 6) is -0.283. The van der Waals surface area contributed by atoms with E-state index in [1.165, 1.54) is 12.1 Å². The highest BCUT2D eigenvalue weighted by Crippen LogP contribution is 2.19. The average molecular weight is 347 g/mol. The molecule has 2 amide bonds. The molecule has 0 fully saturated rings. The van der Waals surface area contributed by atoms with E-state index in [0.29, 0.717) is 6.54 Å². The van der Waals surface area contributed by atoms with Crippen molar-refractivity contribution in [1.29, 1.82) is 0 Å². The number of hydrogen-bond acceptors (Lipinski definition) is 3. The maximum atomic E-state index is 13.5. The van der Waals surface area contributed by atoms with E-state index in [1.54, 1.807) is 16.9 Å². The summed E-state index contributed by atoms with van der Waals surface area (Å²) in [6.45, 7) is 4.26. The third kappa shape index (κ3) is 4.79. The largest absolute Gasteiger partial charge is 0.336 e. The lowest BCUT2D eigenvalue weighted by Gasteiger charge is -2.25. The van der Waals surface area contributed by atoms with E-state index < -0.39 is 0 Å². The maximum absolute atomic E-state index is 13.5. The van der Waals surface area contributed by atoms with Crippen molar-refractivity contribution in [2.75, 3.05) is 20.6 Å². The number of rotatable bonds is 6. The molecule has 0 radical (unpaired) electrons. The Bertz CT molecular complexity index is 728. The number of aryl methyl sites for hydroxylation is 1. The van der Waals surface area contributed by atoms with Gasteiger partial charge >= 0.3 is 6.03 Å². The van der Waals surface area contributed by atoms with Crippen molar-refractivity contribution in [3.05, 3.63) is 53.1 Å². The second kappa shape index (κ2) is 8.11. The fourth-order valence-corrected chi connectivity index (χ4v) is 2.77. The van der Waals surface area contributed by atoms with Crippen LogP contribution < -0.4 is 10.6 Å². The fraction of sp³-hybridized carbons (Fsp3) is 0.444. The quantitative estimate of drug-likeness (QED) is 0.844. The second-order valence-electron chi connectivity index (χ2n) is 6.42. The SMILES string of the molecule is Cc1c([C@@H](C)NC(=O)NC[C@H](c2cccc(F)c2)N(C)C)cnn1C. The summed E-state index contributed by atoms with van der Waals surface area (Å²) in [6, 6.07) is 5.90. The predicted octanol–water partition coefficient (Wildman–Crippen LogP) is 2.53. The van der Waals surface area contributed by atoms with Crippen LogP contribution in [0.25, 0.3) is 0 Å². The van der Waals surface area contributed by atoms with Gasteiger partial charge in [0.1, 0.15) is 5.82 Å². The number of halogens is 1. The first-order chi connectivity index (χ1) is 11.8. The van der Waals surface area contributed by atoms with Gasteiger partial charge in [-0.1, -0.05) is 12.1 Å². The topological polar surface area (TPSA) is 62.2 Å². The molecule has 2 atom stereocenters. The van der Waals surface area contributed by atoms with Gasteiger partial charge in [-0.3, -0.25) is 4.68 Å². The molecular formula is C18H26FN5O. The van der Waals surface area contributed by atoms with Crippen LogP contribution in [-0.2, 0) is 7.05 Å². The average Bonchev–Trinajstić information content (AvgIpc) is 2.87. The van der Waals surface area contributed by atoms with Crippen LogP contribution in [0.4, 0.5) is 9.18 Å². The fourth-order valence-electron chi connectivity index (χ4n) is 2.77. The number of carbonyl (C=O) groups excluding carboxylic acids is 1. The zero-order valence-electron chi connectivity index (χ0n) is 15.4. The van der Waals surface area contributed by atoms with Gasteiger partial charge in [-0.2, -0.15) is 5.10 Å². The van der Waals surface area contributed by atoms with Crippen LogP contribution in [0.15, 0.2) is 30.5 Å². The molecular weight excluding hydrogens is 321 g/mol. The number of likely N-dealkylation sites (N-methyl/N-ethyl adjacent to an activating group) is 1. The molecule has 0 aliphatic carbocycles. The summed E-state index contributed by atoms with van der Waals surface area (Å²) in [5, 5.41) is 9.97. The van der Waals surface area contributed by atoms with E-state index in [9.17, 15) is 9.18 Å². The van der Waals surface area contributed by atoms with Crippen LogP contribution in [0, 0.1) is 12.7 Å². The molecule has 136 valence electrons. The molecule has 2 rings (SSSR count).